The molecule has 0 fully saturated rings. The van der Waals surface area contributed by atoms with Gasteiger partial charge in [0.05, 0.1) is 4.75 Å². The van der Waals surface area contributed by atoms with Gasteiger partial charge in [-0.3, -0.25) is 0 Å². The molecule has 0 aromatic heterocycles. The molecule has 1 aliphatic carbocycles. The van der Waals surface area contributed by atoms with Crippen LogP contribution in [0.2, 0.25) is 0 Å². The minimum atomic E-state index is -3.23. The third-order valence-electron chi connectivity index (χ3n) is 5.12. The van der Waals surface area contributed by atoms with Crippen molar-refractivity contribution in [2.24, 2.45) is 0 Å². The Morgan fingerprint density at radius 3 is 2.37 bits per heavy atom. The minimum Gasteiger partial charge on any atom is -0.385 e. The van der Waals surface area contributed by atoms with E-state index < -0.39 is 14.8 Å². The molecule has 0 bridgehead atoms. The molecule has 0 heterocycles. The van der Waals surface area contributed by atoms with Crippen molar-refractivity contribution in [3.05, 3.63) is 53.6 Å². The molecule has 0 spiro atoms. The SMILES string of the molecule is CC(C)(C)S(=O)(=O)NCCCCCNc1cccc2c1Cc1ccccc1-2. The van der Waals surface area contributed by atoms with Crippen LogP contribution in [0.15, 0.2) is 42.5 Å². The van der Waals surface area contributed by atoms with E-state index in [9.17, 15) is 8.42 Å². The van der Waals surface area contributed by atoms with Gasteiger partial charge in [-0.2, -0.15) is 0 Å². The van der Waals surface area contributed by atoms with E-state index in [1.165, 1.54) is 27.9 Å². The van der Waals surface area contributed by atoms with E-state index in [1.807, 2.05) is 0 Å². The summed E-state index contributed by atoms with van der Waals surface area (Å²) in [5.41, 5.74) is 6.69. The van der Waals surface area contributed by atoms with Gasteiger partial charge < -0.3 is 5.32 Å². The average Bonchev–Trinajstić information content (AvgIpc) is 2.99. The summed E-state index contributed by atoms with van der Waals surface area (Å²) in [5, 5.41) is 3.57. The fourth-order valence-corrected chi connectivity index (χ4v) is 4.24. The van der Waals surface area contributed by atoms with Crippen LogP contribution >= 0.6 is 0 Å². The molecule has 0 amide bonds. The number of hydrogen-bond acceptors (Lipinski definition) is 3. The van der Waals surface area contributed by atoms with Crippen molar-refractivity contribution in [2.45, 2.75) is 51.2 Å². The van der Waals surface area contributed by atoms with E-state index in [4.69, 9.17) is 0 Å². The molecule has 0 radical (unpaired) electrons. The van der Waals surface area contributed by atoms with Crippen molar-refractivity contribution in [3.63, 3.8) is 0 Å². The van der Waals surface area contributed by atoms with E-state index in [2.05, 4.69) is 52.5 Å². The molecule has 0 saturated carbocycles. The second kappa shape index (κ2) is 8.03. The largest absolute Gasteiger partial charge is 0.385 e. The summed E-state index contributed by atoms with van der Waals surface area (Å²) in [4.78, 5) is 0. The van der Waals surface area contributed by atoms with E-state index in [0.717, 1.165) is 32.2 Å². The van der Waals surface area contributed by atoms with Crippen molar-refractivity contribution in [1.82, 2.24) is 4.72 Å². The number of hydrogen-bond donors (Lipinski definition) is 2. The van der Waals surface area contributed by atoms with Gasteiger partial charge in [0.1, 0.15) is 0 Å². The van der Waals surface area contributed by atoms with Crippen molar-refractivity contribution in [2.75, 3.05) is 18.4 Å². The minimum absolute atomic E-state index is 0.510. The first-order valence-corrected chi connectivity index (χ1v) is 11.2. The normalized spacial score (nSPS) is 13.3. The Hall–Kier alpha value is -1.85. The highest BCUT2D eigenvalue weighted by Gasteiger charge is 2.27. The van der Waals surface area contributed by atoms with E-state index in [0.29, 0.717) is 6.54 Å². The van der Waals surface area contributed by atoms with Crippen molar-refractivity contribution in [1.29, 1.82) is 0 Å². The molecule has 3 rings (SSSR count). The molecule has 0 atom stereocenters. The van der Waals surface area contributed by atoms with Gasteiger partial charge in [-0.1, -0.05) is 42.8 Å². The smallest absolute Gasteiger partial charge is 0.216 e. The molecule has 0 unspecified atom stereocenters. The monoisotopic (exact) mass is 386 g/mol. The predicted molar refractivity (Wildman–Crippen MR) is 114 cm³/mol. The van der Waals surface area contributed by atoms with Crippen LogP contribution in [-0.2, 0) is 16.4 Å². The van der Waals surface area contributed by atoms with Gasteiger partial charge in [-0.05, 0) is 61.9 Å². The second-order valence-corrected chi connectivity index (χ2v) is 10.7. The quantitative estimate of drug-likeness (QED) is 0.558. The van der Waals surface area contributed by atoms with Gasteiger partial charge in [0, 0.05) is 25.2 Å². The summed E-state index contributed by atoms with van der Waals surface area (Å²) >= 11 is 0. The van der Waals surface area contributed by atoms with Crippen LogP contribution in [0.25, 0.3) is 11.1 Å². The van der Waals surface area contributed by atoms with Crippen molar-refractivity contribution in [3.8, 4) is 11.1 Å². The lowest BCUT2D eigenvalue weighted by molar-refractivity contribution is 0.540. The number of sulfonamides is 1. The lowest BCUT2D eigenvalue weighted by atomic mass is 10.0. The Bertz CT molecular complexity index is 899. The van der Waals surface area contributed by atoms with Gasteiger partial charge >= 0.3 is 0 Å². The molecule has 4 nitrogen and oxygen atoms in total. The predicted octanol–water partition coefficient (Wildman–Crippen LogP) is 4.56. The highest BCUT2D eigenvalue weighted by atomic mass is 32.2. The maximum atomic E-state index is 12.0. The van der Waals surface area contributed by atoms with Crippen LogP contribution in [0.3, 0.4) is 0 Å². The Labute approximate surface area is 163 Å². The lowest BCUT2D eigenvalue weighted by Gasteiger charge is -2.19. The van der Waals surface area contributed by atoms with Gasteiger partial charge in [0.15, 0.2) is 0 Å². The number of benzene rings is 2. The van der Waals surface area contributed by atoms with Crippen LogP contribution in [0.5, 0.6) is 0 Å². The Morgan fingerprint density at radius 2 is 1.59 bits per heavy atom. The maximum Gasteiger partial charge on any atom is 0.216 e. The molecule has 5 heteroatoms. The zero-order chi connectivity index (χ0) is 19.5. The Balaban J connectivity index is 1.44. The first-order valence-electron chi connectivity index (χ1n) is 9.73. The van der Waals surface area contributed by atoms with Gasteiger partial charge in [-0.15, -0.1) is 0 Å². The highest BCUT2D eigenvalue weighted by molar-refractivity contribution is 7.90. The molecule has 0 aliphatic heterocycles. The number of rotatable bonds is 8. The molecule has 2 N–H and O–H groups in total. The number of nitrogens with one attached hydrogen (secondary N) is 2. The van der Waals surface area contributed by atoms with Gasteiger partial charge in [0.2, 0.25) is 10.0 Å². The van der Waals surface area contributed by atoms with Crippen LogP contribution in [0.4, 0.5) is 5.69 Å². The molecule has 27 heavy (non-hydrogen) atoms. The van der Waals surface area contributed by atoms with Crippen LogP contribution in [0.1, 0.15) is 51.2 Å². The Kier molecular flexibility index (Phi) is 5.92. The molecular weight excluding hydrogens is 356 g/mol. The van der Waals surface area contributed by atoms with Gasteiger partial charge in [0.25, 0.3) is 0 Å². The summed E-state index contributed by atoms with van der Waals surface area (Å²) in [5.74, 6) is 0. The lowest BCUT2D eigenvalue weighted by Crippen LogP contribution is -2.39. The molecule has 0 saturated heterocycles. The van der Waals surface area contributed by atoms with E-state index >= 15 is 0 Å². The van der Waals surface area contributed by atoms with Crippen LogP contribution < -0.4 is 10.0 Å². The first kappa shape index (κ1) is 19.9. The molecule has 146 valence electrons. The van der Waals surface area contributed by atoms with Gasteiger partial charge in [-0.25, -0.2) is 13.1 Å². The second-order valence-electron chi connectivity index (χ2n) is 8.16. The molecular formula is C22H30N2O2S. The summed E-state index contributed by atoms with van der Waals surface area (Å²) < 4.78 is 26.0. The third-order valence-corrected chi connectivity index (χ3v) is 7.31. The van der Waals surface area contributed by atoms with E-state index in [-0.39, 0.29) is 0 Å². The first-order chi connectivity index (χ1) is 12.8. The zero-order valence-electron chi connectivity index (χ0n) is 16.5. The number of anilines is 1. The Morgan fingerprint density at radius 1 is 0.889 bits per heavy atom. The van der Waals surface area contributed by atoms with Crippen LogP contribution in [-0.4, -0.2) is 26.3 Å². The maximum absolute atomic E-state index is 12.0. The summed E-state index contributed by atoms with van der Waals surface area (Å²) in [6.07, 6.45) is 3.86. The highest BCUT2D eigenvalue weighted by Crippen LogP contribution is 2.39. The molecule has 1 aliphatic rings. The summed E-state index contributed by atoms with van der Waals surface area (Å²) in [7, 11) is -3.23. The number of unbranched alkanes of at least 4 members (excludes halogenated alkanes) is 2. The summed E-state index contributed by atoms with van der Waals surface area (Å²) in [6.45, 7) is 6.57. The molecule has 2 aromatic rings. The topological polar surface area (TPSA) is 58.2 Å². The van der Waals surface area contributed by atoms with Crippen LogP contribution in [0, 0.1) is 0 Å². The number of fused-ring (bicyclic) bond motifs is 3. The summed E-state index contributed by atoms with van der Waals surface area (Å²) in [6, 6.07) is 15.1. The zero-order valence-corrected chi connectivity index (χ0v) is 17.3. The molecule has 2 aromatic carbocycles. The average molecular weight is 387 g/mol. The van der Waals surface area contributed by atoms with E-state index in [1.54, 1.807) is 20.8 Å². The van der Waals surface area contributed by atoms with Crippen molar-refractivity contribution < 1.29 is 8.42 Å². The fraction of sp³-hybridized carbons (Fsp3) is 0.455. The fourth-order valence-electron chi connectivity index (χ4n) is 3.40. The standard InChI is InChI=1S/C22H30N2O2S/c1-22(2,3)27(25,26)24-15-8-4-7-14-23-21-13-9-12-19-18-11-6-5-10-17(18)16-20(19)21/h5-6,9-13,23-24H,4,7-8,14-16H2,1-3H3. The third kappa shape index (κ3) is 4.53. The van der Waals surface area contributed by atoms with Crippen molar-refractivity contribution >= 4 is 15.7 Å².